The highest BCUT2D eigenvalue weighted by Crippen LogP contribution is 2.31. The van der Waals surface area contributed by atoms with Crippen LogP contribution in [0.15, 0.2) is 12.4 Å². The van der Waals surface area contributed by atoms with Gasteiger partial charge in [-0.1, -0.05) is 6.42 Å². The van der Waals surface area contributed by atoms with Crippen molar-refractivity contribution in [1.82, 2.24) is 9.97 Å². The second-order valence-corrected chi connectivity index (χ2v) is 5.91. The van der Waals surface area contributed by atoms with E-state index in [4.69, 9.17) is 5.11 Å². The maximum absolute atomic E-state index is 9.14. The molecule has 1 aromatic heterocycles. The lowest BCUT2D eigenvalue weighted by molar-refractivity contribution is 0.254. The van der Waals surface area contributed by atoms with E-state index in [-0.39, 0.29) is 6.61 Å². The van der Waals surface area contributed by atoms with Crippen molar-refractivity contribution in [3.63, 3.8) is 0 Å². The molecule has 1 saturated carbocycles. The summed E-state index contributed by atoms with van der Waals surface area (Å²) in [5.41, 5.74) is 0. The summed E-state index contributed by atoms with van der Waals surface area (Å²) in [6.45, 7) is 2.49. The van der Waals surface area contributed by atoms with Crippen LogP contribution in [0, 0.1) is 5.92 Å². The highest BCUT2D eigenvalue weighted by molar-refractivity contribution is 5.49. The Balaban J connectivity index is 1.66. The molecule has 3 rings (SSSR count). The Morgan fingerprint density at radius 2 is 2.05 bits per heavy atom. The van der Waals surface area contributed by atoms with Gasteiger partial charge < -0.3 is 15.3 Å². The van der Waals surface area contributed by atoms with Crippen molar-refractivity contribution in [3.05, 3.63) is 12.4 Å². The van der Waals surface area contributed by atoms with Crippen molar-refractivity contribution in [2.45, 2.75) is 44.6 Å². The molecule has 1 saturated heterocycles. The molecule has 110 valence electrons. The van der Waals surface area contributed by atoms with Crippen LogP contribution in [0.5, 0.6) is 0 Å². The van der Waals surface area contributed by atoms with Crippen molar-refractivity contribution in [2.24, 2.45) is 5.92 Å². The van der Waals surface area contributed by atoms with Gasteiger partial charge in [-0.3, -0.25) is 0 Å². The van der Waals surface area contributed by atoms with Crippen LogP contribution < -0.4 is 10.2 Å². The fraction of sp³-hybridized carbons (Fsp3) is 0.733. The molecule has 2 heterocycles. The van der Waals surface area contributed by atoms with Crippen LogP contribution in [0.2, 0.25) is 0 Å². The minimum Gasteiger partial charge on any atom is -0.396 e. The van der Waals surface area contributed by atoms with Crippen LogP contribution >= 0.6 is 0 Å². The number of nitrogens with zero attached hydrogens (tertiary/aromatic N) is 3. The number of anilines is 2. The predicted octanol–water partition coefficient (Wildman–Crippen LogP) is 2.04. The van der Waals surface area contributed by atoms with Gasteiger partial charge in [0.25, 0.3) is 0 Å². The standard InChI is InChI=1S/C15H24N4O/c20-9-6-12-4-3-5-13(12)18-14-10-15(17-11-16-14)19-7-1-2-8-19/h10-13,20H,1-9H2,(H,16,17,18)/t12-,13+/m0/s1. The highest BCUT2D eigenvalue weighted by Gasteiger charge is 2.27. The highest BCUT2D eigenvalue weighted by atomic mass is 16.3. The first-order valence-electron chi connectivity index (χ1n) is 7.81. The van der Waals surface area contributed by atoms with Gasteiger partial charge in [0.05, 0.1) is 0 Å². The molecule has 5 heteroatoms. The summed E-state index contributed by atoms with van der Waals surface area (Å²) in [5.74, 6) is 2.54. The monoisotopic (exact) mass is 276 g/mol. The second kappa shape index (κ2) is 6.39. The first kappa shape index (κ1) is 13.6. The molecular formula is C15H24N4O. The summed E-state index contributed by atoms with van der Waals surface area (Å²) < 4.78 is 0. The number of hydrogen-bond donors (Lipinski definition) is 2. The molecule has 0 bridgehead atoms. The van der Waals surface area contributed by atoms with Gasteiger partial charge in [-0.05, 0) is 38.0 Å². The van der Waals surface area contributed by atoms with E-state index in [0.717, 1.165) is 31.1 Å². The van der Waals surface area contributed by atoms with Crippen molar-refractivity contribution >= 4 is 11.6 Å². The lowest BCUT2D eigenvalue weighted by Gasteiger charge is -2.22. The number of aliphatic hydroxyl groups excluding tert-OH is 1. The fourth-order valence-electron chi connectivity index (χ4n) is 3.47. The lowest BCUT2D eigenvalue weighted by Crippen LogP contribution is -2.26. The van der Waals surface area contributed by atoms with Crippen LogP contribution in [-0.4, -0.2) is 40.8 Å². The largest absolute Gasteiger partial charge is 0.396 e. The van der Waals surface area contributed by atoms with Crippen molar-refractivity contribution in [1.29, 1.82) is 0 Å². The van der Waals surface area contributed by atoms with E-state index in [0.29, 0.717) is 12.0 Å². The summed E-state index contributed by atoms with van der Waals surface area (Å²) in [6, 6.07) is 2.52. The average Bonchev–Trinajstić information content (AvgIpc) is 3.12. The van der Waals surface area contributed by atoms with Crippen molar-refractivity contribution in [2.75, 3.05) is 29.9 Å². The Morgan fingerprint density at radius 1 is 1.20 bits per heavy atom. The zero-order valence-electron chi connectivity index (χ0n) is 12.0. The topological polar surface area (TPSA) is 61.3 Å². The van der Waals surface area contributed by atoms with Crippen LogP contribution in [-0.2, 0) is 0 Å². The third-order valence-corrected chi connectivity index (χ3v) is 4.57. The van der Waals surface area contributed by atoms with Gasteiger partial charge in [0.1, 0.15) is 18.0 Å². The minimum absolute atomic E-state index is 0.283. The predicted molar refractivity (Wildman–Crippen MR) is 79.9 cm³/mol. The molecule has 2 atom stereocenters. The molecule has 0 amide bonds. The van der Waals surface area contributed by atoms with E-state index in [1.807, 2.05) is 0 Å². The van der Waals surface area contributed by atoms with Crippen LogP contribution in [0.25, 0.3) is 0 Å². The van der Waals surface area contributed by atoms with E-state index in [1.165, 1.54) is 32.1 Å². The number of aliphatic hydroxyl groups is 1. The molecule has 1 aliphatic carbocycles. The molecule has 2 fully saturated rings. The third kappa shape index (κ3) is 3.03. The smallest absolute Gasteiger partial charge is 0.134 e. The Kier molecular flexibility index (Phi) is 4.35. The number of hydrogen-bond acceptors (Lipinski definition) is 5. The second-order valence-electron chi connectivity index (χ2n) is 5.91. The van der Waals surface area contributed by atoms with Gasteiger partial charge in [0, 0.05) is 31.8 Å². The number of rotatable bonds is 5. The van der Waals surface area contributed by atoms with E-state index in [1.54, 1.807) is 6.33 Å². The van der Waals surface area contributed by atoms with Crippen molar-refractivity contribution < 1.29 is 5.11 Å². The molecule has 0 spiro atoms. The molecule has 0 radical (unpaired) electrons. The van der Waals surface area contributed by atoms with E-state index < -0.39 is 0 Å². The van der Waals surface area contributed by atoms with Gasteiger partial charge in [0.15, 0.2) is 0 Å². The molecule has 20 heavy (non-hydrogen) atoms. The Labute approximate surface area is 120 Å². The zero-order valence-corrected chi connectivity index (χ0v) is 12.0. The summed E-state index contributed by atoms with van der Waals surface area (Å²) in [5, 5.41) is 12.7. The van der Waals surface area contributed by atoms with E-state index in [9.17, 15) is 0 Å². The van der Waals surface area contributed by atoms with Gasteiger partial charge >= 0.3 is 0 Å². The van der Waals surface area contributed by atoms with Gasteiger partial charge in [-0.25, -0.2) is 9.97 Å². The molecule has 0 unspecified atom stereocenters. The maximum atomic E-state index is 9.14. The van der Waals surface area contributed by atoms with Gasteiger partial charge in [0.2, 0.25) is 0 Å². The minimum atomic E-state index is 0.283. The Morgan fingerprint density at radius 3 is 2.85 bits per heavy atom. The van der Waals surface area contributed by atoms with E-state index >= 15 is 0 Å². The SMILES string of the molecule is OCC[C@@H]1CCC[C@H]1Nc1cc(N2CCCC2)ncn1. The molecule has 0 aromatic carbocycles. The molecule has 1 aromatic rings. The summed E-state index contributed by atoms with van der Waals surface area (Å²) in [6.07, 6.45) is 8.69. The quantitative estimate of drug-likeness (QED) is 0.862. The summed E-state index contributed by atoms with van der Waals surface area (Å²) >= 11 is 0. The summed E-state index contributed by atoms with van der Waals surface area (Å²) in [7, 11) is 0. The molecule has 2 aliphatic rings. The maximum Gasteiger partial charge on any atom is 0.134 e. The van der Waals surface area contributed by atoms with Crippen molar-refractivity contribution in [3.8, 4) is 0 Å². The third-order valence-electron chi connectivity index (χ3n) is 4.57. The number of nitrogens with one attached hydrogen (secondary N) is 1. The molecule has 2 N–H and O–H groups in total. The fourth-order valence-corrected chi connectivity index (χ4v) is 3.47. The van der Waals surface area contributed by atoms with E-state index in [2.05, 4.69) is 26.3 Å². The van der Waals surface area contributed by atoms with Crippen LogP contribution in [0.1, 0.15) is 38.5 Å². The van der Waals surface area contributed by atoms with Crippen LogP contribution in [0.4, 0.5) is 11.6 Å². The average molecular weight is 276 g/mol. The zero-order chi connectivity index (χ0) is 13.8. The molecular weight excluding hydrogens is 252 g/mol. The Hall–Kier alpha value is -1.36. The molecule has 1 aliphatic heterocycles. The summed E-state index contributed by atoms with van der Waals surface area (Å²) in [4.78, 5) is 11.1. The first-order valence-corrected chi connectivity index (χ1v) is 7.81. The lowest BCUT2D eigenvalue weighted by atomic mass is 10.00. The normalized spacial score (nSPS) is 26.1. The Bertz CT molecular complexity index is 434. The van der Waals surface area contributed by atoms with Gasteiger partial charge in [-0.15, -0.1) is 0 Å². The number of aromatic nitrogens is 2. The first-order chi connectivity index (χ1) is 9.86. The van der Waals surface area contributed by atoms with Crippen LogP contribution in [0.3, 0.4) is 0 Å². The molecule has 5 nitrogen and oxygen atoms in total. The van der Waals surface area contributed by atoms with Gasteiger partial charge in [-0.2, -0.15) is 0 Å².